The topological polar surface area (TPSA) is 206 Å². The van der Waals surface area contributed by atoms with Crippen LogP contribution in [-0.4, -0.2) is 79.7 Å². The number of benzene rings is 10. The van der Waals surface area contributed by atoms with Crippen molar-refractivity contribution in [1.29, 1.82) is 0 Å². The lowest BCUT2D eigenvalue weighted by Crippen LogP contribution is -2.00. The van der Waals surface area contributed by atoms with E-state index in [0.29, 0.717) is 69.4 Å². The zero-order valence-electron chi connectivity index (χ0n) is 64.4. The number of hydrogen-bond donors (Lipinski definition) is 0. The maximum Gasteiger partial charge on any atom is 0.164 e. The maximum atomic E-state index is 5.14. The molecule has 0 radical (unpaired) electrons. The van der Waals surface area contributed by atoms with Crippen molar-refractivity contribution < 1.29 is 0 Å². The number of nitrogens with zero attached hydrogens (tertiary/aromatic N) is 16. The van der Waals surface area contributed by atoms with E-state index in [0.717, 1.165) is 135 Å². The molecule has 10 aromatic carbocycles. The second kappa shape index (κ2) is 34.1. The van der Waals surface area contributed by atoms with Crippen molar-refractivity contribution >= 4 is 0 Å². The third-order valence-electron chi connectivity index (χ3n) is 20.1. The minimum Gasteiger partial charge on any atom is -0.255 e. The fraction of sp³-hybridized carbons (Fsp3) is 0. The van der Waals surface area contributed by atoms with Gasteiger partial charge >= 0.3 is 0 Å². The molecule has 16 nitrogen and oxygen atoms in total. The molecule has 0 N–H and O–H groups in total. The summed E-state index contributed by atoms with van der Waals surface area (Å²) < 4.78 is 0. The van der Waals surface area contributed by atoms with Gasteiger partial charge in [-0.1, -0.05) is 297 Å². The van der Waals surface area contributed by atoms with Gasteiger partial charge in [-0.3, -0.25) is 19.9 Å². The van der Waals surface area contributed by atoms with Crippen molar-refractivity contribution in [2.75, 3.05) is 0 Å². The maximum absolute atomic E-state index is 5.14. The molecule has 120 heavy (non-hydrogen) atoms. The predicted molar refractivity (Wildman–Crippen MR) is 475 cm³/mol. The van der Waals surface area contributed by atoms with Crippen LogP contribution in [0.2, 0.25) is 0 Å². The first-order chi connectivity index (χ1) is 59.4. The second-order valence-electron chi connectivity index (χ2n) is 28.2. The van der Waals surface area contributed by atoms with Crippen LogP contribution in [0.25, 0.3) is 204 Å². The van der Waals surface area contributed by atoms with Crippen LogP contribution in [0.3, 0.4) is 0 Å². The van der Waals surface area contributed by atoms with E-state index in [4.69, 9.17) is 69.8 Å². The molecule has 0 aliphatic heterocycles. The smallest absolute Gasteiger partial charge is 0.164 e. The van der Waals surface area contributed by atoms with Crippen molar-refractivity contribution in [2.45, 2.75) is 0 Å². The van der Waals surface area contributed by atoms with E-state index in [1.807, 2.05) is 316 Å². The Morgan fingerprint density at radius 2 is 0.342 bits per heavy atom. The Labute approximate surface area is 692 Å². The Hall–Kier alpha value is -16.7. The Balaban J connectivity index is 0.000000159. The summed E-state index contributed by atoms with van der Waals surface area (Å²) in [5.41, 5.74) is 23.9. The van der Waals surface area contributed by atoms with Gasteiger partial charge in [-0.05, 0) is 113 Å². The monoisotopic (exact) mass is 1540 g/mol. The van der Waals surface area contributed by atoms with E-state index in [1.165, 1.54) is 0 Å². The first kappa shape index (κ1) is 73.5. The lowest BCUT2D eigenvalue weighted by Gasteiger charge is -2.12. The van der Waals surface area contributed by atoms with Gasteiger partial charge in [-0.15, -0.1) is 0 Å². The van der Waals surface area contributed by atoms with E-state index < -0.39 is 0 Å². The van der Waals surface area contributed by atoms with E-state index >= 15 is 0 Å². The molecule has 0 aliphatic rings. The van der Waals surface area contributed by atoms with Crippen LogP contribution < -0.4 is 0 Å². The molecule has 0 aliphatic carbocycles. The van der Waals surface area contributed by atoms with Gasteiger partial charge in [0.2, 0.25) is 0 Å². The molecule has 0 amide bonds. The highest BCUT2D eigenvalue weighted by Gasteiger charge is 2.21. The van der Waals surface area contributed by atoms with E-state index in [1.54, 1.807) is 12.4 Å². The standard InChI is InChI=1S/2C52H34N8/c1-5-16-35(17-6-1)44-34-45(57-49(56-44)36-18-7-2-8-19-36)40-27-29-54-46(31-40)48-33-42(32-47(55-48)43-26-13-14-28-53-43)39-24-15-25-41(30-39)52-59-50(37-20-9-3-10-21-37)58-51(60-52)38-22-11-4-12-23-38;1-5-15-36(16-6-1)44-34-45(57-49(56-44)37-17-7-2-8-18-37)41-28-30-54-46(31-41)48-33-42(32-47(55-48)43-23-13-14-29-53-43)35-24-26-40(27-25-35)52-59-50(38-19-9-3-10-20-38)58-51(60-52)39-21-11-4-12-22-39/h2*1-34H. The molecule has 0 saturated carbocycles. The van der Waals surface area contributed by atoms with Gasteiger partial charge in [0, 0.05) is 91.5 Å². The normalized spacial score (nSPS) is 11.0. The molecule has 0 bridgehead atoms. The van der Waals surface area contributed by atoms with Crippen LogP contribution in [-0.2, 0) is 0 Å². The Morgan fingerprint density at radius 3 is 0.675 bits per heavy atom. The molecule has 10 aromatic heterocycles. The fourth-order valence-electron chi connectivity index (χ4n) is 14.1. The fourth-order valence-corrected chi connectivity index (χ4v) is 14.1. The summed E-state index contributed by atoms with van der Waals surface area (Å²) in [4.78, 5) is 79.0. The molecule has 20 rings (SSSR count). The zero-order valence-corrected chi connectivity index (χ0v) is 64.4. The Morgan fingerprint density at radius 1 is 0.100 bits per heavy atom. The van der Waals surface area contributed by atoms with E-state index in [9.17, 15) is 0 Å². The van der Waals surface area contributed by atoms with Gasteiger partial charge in [0.1, 0.15) is 0 Å². The average molecular weight is 1540 g/mol. The predicted octanol–water partition coefficient (Wildman–Crippen LogP) is 23.7. The number of hydrogen-bond acceptors (Lipinski definition) is 16. The summed E-state index contributed by atoms with van der Waals surface area (Å²) in [6.07, 6.45) is 7.18. The van der Waals surface area contributed by atoms with Crippen LogP contribution in [0.5, 0.6) is 0 Å². The summed E-state index contributed by atoms with van der Waals surface area (Å²) in [5.74, 6) is 4.91. The second-order valence-corrected chi connectivity index (χ2v) is 28.2. The third kappa shape index (κ3) is 16.7. The summed E-state index contributed by atoms with van der Waals surface area (Å²) in [5, 5.41) is 0. The minimum atomic E-state index is 0.577. The van der Waals surface area contributed by atoms with Crippen LogP contribution >= 0.6 is 0 Å². The third-order valence-corrected chi connectivity index (χ3v) is 20.1. The molecule has 16 heteroatoms. The highest BCUT2D eigenvalue weighted by Crippen LogP contribution is 2.38. The molecule has 0 unspecified atom stereocenters. The lowest BCUT2D eigenvalue weighted by atomic mass is 10.00. The van der Waals surface area contributed by atoms with Crippen LogP contribution in [0.1, 0.15) is 0 Å². The summed E-state index contributed by atoms with van der Waals surface area (Å²) in [6.45, 7) is 0. The quantitative estimate of drug-likeness (QED) is 0.0783. The van der Waals surface area contributed by atoms with Crippen molar-refractivity contribution in [3.8, 4) is 204 Å². The van der Waals surface area contributed by atoms with E-state index in [2.05, 4.69) is 94.9 Å². The SMILES string of the molecule is c1ccc(-c2cc(-c3ccnc(-c4cc(-c5ccc(-c6nc(-c7ccccc7)nc(-c7ccccc7)n6)cc5)cc(-c5ccccn5)n4)c3)nc(-c3ccccc3)n2)cc1.c1ccc(-c2cc(-c3ccnc(-c4cc(-c5cccc(-c6nc(-c7ccccc7)nc(-c7ccccc7)n6)c5)cc(-c5ccccn5)n4)c3)nc(-c3ccccc3)n2)cc1. The number of aromatic nitrogens is 16. The first-order valence-corrected chi connectivity index (χ1v) is 39.2. The molecule has 20 aromatic rings. The molecular weight excluding hydrogens is 1470 g/mol. The molecule has 0 saturated heterocycles. The van der Waals surface area contributed by atoms with Crippen molar-refractivity contribution in [3.63, 3.8) is 0 Å². The van der Waals surface area contributed by atoms with Crippen molar-refractivity contribution in [1.82, 2.24) is 79.7 Å². The van der Waals surface area contributed by atoms with Crippen LogP contribution in [0, 0.1) is 0 Å². The van der Waals surface area contributed by atoms with Crippen molar-refractivity contribution in [2.24, 2.45) is 0 Å². The molecule has 0 atom stereocenters. The van der Waals surface area contributed by atoms with Gasteiger partial charge in [0.15, 0.2) is 46.6 Å². The van der Waals surface area contributed by atoms with Gasteiger partial charge in [-0.2, -0.15) is 0 Å². The highest BCUT2D eigenvalue weighted by molar-refractivity contribution is 5.83. The van der Waals surface area contributed by atoms with Crippen LogP contribution in [0.4, 0.5) is 0 Å². The lowest BCUT2D eigenvalue weighted by molar-refractivity contribution is 1.07. The zero-order chi connectivity index (χ0) is 80.2. The highest BCUT2D eigenvalue weighted by atomic mass is 15.0. The molecule has 0 fully saturated rings. The largest absolute Gasteiger partial charge is 0.255 e. The summed E-state index contributed by atoms with van der Waals surface area (Å²) in [7, 11) is 0. The first-order valence-electron chi connectivity index (χ1n) is 39.2. The van der Waals surface area contributed by atoms with Gasteiger partial charge in [0.05, 0.1) is 68.3 Å². The van der Waals surface area contributed by atoms with Crippen molar-refractivity contribution in [3.05, 3.63) is 413 Å². The van der Waals surface area contributed by atoms with Gasteiger partial charge < -0.3 is 0 Å². The van der Waals surface area contributed by atoms with Crippen LogP contribution in [0.15, 0.2) is 413 Å². The van der Waals surface area contributed by atoms with E-state index in [-0.39, 0.29) is 0 Å². The minimum absolute atomic E-state index is 0.577. The average Bonchev–Trinajstić information content (AvgIpc) is 0.781. The Kier molecular flexibility index (Phi) is 20.9. The number of pyridine rings is 6. The molecule has 564 valence electrons. The summed E-state index contributed by atoms with van der Waals surface area (Å²) >= 11 is 0. The summed E-state index contributed by atoms with van der Waals surface area (Å²) in [6, 6.07) is 129. The molecule has 0 spiro atoms. The molecular formula is C104H68N16. The molecule has 10 heterocycles. The van der Waals surface area contributed by atoms with Gasteiger partial charge in [0.25, 0.3) is 0 Å². The van der Waals surface area contributed by atoms with Gasteiger partial charge in [-0.25, -0.2) is 59.8 Å². The Bertz CT molecular complexity index is 6550. The number of rotatable bonds is 18.